The smallest absolute Gasteiger partial charge is 0.209 e. The van der Waals surface area contributed by atoms with Gasteiger partial charge in [-0.2, -0.15) is 0 Å². The van der Waals surface area contributed by atoms with E-state index in [2.05, 4.69) is 46.0 Å². The van der Waals surface area contributed by atoms with Gasteiger partial charge in [0.2, 0.25) is 5.82 Å². The highest BCUT2D eigenvalue weighted by Crippen LogP contribution is 2.23. The van der Waals surface area contributed by atoms with Crippen LogP contribution in [0.1, 0.15) is 58.5 Å². The van der Waals surface area contributed by atoms with Gasteiger partial charge in [0.15, 0.2) is 17.0 Å². The highest BCUT2D eigenvalue weighted by Gasteiger charge is 2.16. The lowest BCUT2D eigenvalue weighted by Gasteiger charge is -2.12. The van der Waals surface area contributed by atoms with Gasteiger partial charge < -0.3 is 19.7 Å². The summed E-state index contributed by atoms with van der Waals surface area (Å²) >= 11 is 0. The zero-order valence-corrected chi connectivity index (χ0v) is 18.2. The number of nitrogens with one attached hydrogen (secondary N) is 1. The molecule has 0 bridgehead atoms. The van der Waals surface area contributed by atoms with Crippen LogP contribution in [0.25, 0.3) is 11.2 Å². The Kier molecular flexibility index (Phi) is 6.58. The zero-order chi connectivity index (χ0) is 21.7. The van der Waals surface area contributed by atoms with Gasteiger partial charge in [-0.25, -0.2) is 15.0 Å². The molecule has 1 aromatic carbocycles. The summed E-state index contributed by atoms with van der Waals surface area (Å²) in [6, 6.07) is 8.13. The third kappa shape index (κ3) is 5.08. The third-order valence-corrected chi connectivity index (χ3v) is 4.80. The van der Waals surface area contributed by atoms with Crippen molar-refractivity contribution in [1.82, 2.24) is 19.5 Å². The molecule has 0 aliphatic carbocycles. The van der Waals surface area contributed by atoms with Crippen LogP contribution in [0.15, 0.2) is 30.6 Å². The number of nitrogens with zero attached hydrogens (tertiary/aromatic N) is 4. The third-order valence-electron chi connectivity index (χ3n) is 4.80. The second-order valence-corrected chi connectivity index (χ2v) is 7.62. The van der Waals surface area contributed by atoms with Crippen molar-refractivity contribution in [3.63, 3.8) is 0 Å². The van der Waals surface area contributed by atoms with Gasteiger partial charge in [-0.1, -0.05) is 25.0 Å². The Morgan fingerprint density at radius 3 is 2.57 bits per heavy atom. The summed E-state index contributed by atoms with van der Waals surface area (Å²) < 4.78 is 7.48. The molecule has 0 unspecified atom stereocenters. The van der Waals surface area contributed by atoms with Crippen molar-refractivity contribution >= 4 is 17.0 Å². The average Bonchev–Trinajstić information content (AvgIpc) is 3.16. The fourth-order valence-corrected chi connectivity index (χ4v) is 2.81. The van der Waals surface area contributed by atoms with Crippen LogP contribution in [0.4, 0.5) is 5.82 Å². The summed E-state index contributed by atoms with van der Waals surface area (Å²) in [5, 5.41) is 13.6. The second-order valence-electron chi connectivity index (χ2n) is 7.62. The minimum Gasteiger partial charge on any atom is -0.494 e. The molecule has 30 heavy (non-hydrogen) atoms. The summed E-state index contributed by atoms with van der Waals surface area (Å²) in [7, 11) is 0. The van der Waals surface area contributed by atoms with Crippen LogP contribution in [0.5, 0.6) is 5.75 Å². The first-order chi connectivity index (χ1) is 14.3. The van der Waals surface area contributed by atoms with Gasteiger partial charge in [0.1, 0.15) is 11.4 Å². The summed E-state index contributed by atoms with van der Waals surface area (Å²) in [6.45, 7) is 10.9. The molecular weight excluding hydrogens is 378 g/mol. The van der Waals surface area contributed by atoms with E-state index in [0.29, 0.717) is 36.7 Å². The number of anilines is 1. The molecule has 0 saturated heterocycles. The molecule has 2 aromatic heterocycles. The summed E-state index contributed by atoms with van der Waals surface area (Å²) in [6.07, 6.45) is 2.29. The summed E-state index contributed by atoms with van der Waals surface area (Å²) in [5.41, 5.74) is 1.43. The lowest BCUT2D eigenvalue weighted by molar-refractivity contribution is 0.118. The van der Waals surface area contributed by atoms with Crippen molar-refractivity contribution in [2.75, 3.05) is 11.9 Å². The molecule has 0 amide bonds. The number of fused-ring (bicyclic) bond motifs is 1. The summed E-state index contributed by atoms with van der Waals surface area (Å²) in [5.74, 6) is 7.61. The van der Waals surface area contributed by atoms with E-state index in [4.69, 9.17) is 4.74 Å². The maximum Gasteiger partial charge on any atom is 0.209 e. The number of hydrogen-bond acceptors (Lipinski definition) is 6. The largest absolute Gasteiger partial charge is 0.494 e. The minimum absolute atomic E-state index is 0.198. The first kappa shape index (κ1) is 21.6. The minimum atomic E-state index is -1.08. The number of ether oxygens (including phenoxy) is 1. The van der Waals surface area contributed by atoms with E-state index in [0.717, 1.165) is 17.0 Å². The molecule has 158 valence electrons. The Hall–Kier alpha value is -3.11. The van der Waals surface area contributed by atoms with E-state index >= 15 is 0 Å². The molecule has 0 radical (unpaired) electrons. The topological polar surface area (TPSA) is 85.1 Å². The Morgan fingerprint density at radius 1 is 1.20 bits per heavy atom. The molecule has 3 rings (SSSR count). The van der Waals surface area contributed by atoms with Gasteiger partial charge in [-0.05, 0) is 57.7 Å². The van der Waals surface area contributed by atoms with Crippen molar-refractivity contribution in [1.29, 1.82) is 0 Å². The molecule has 0 fully saturated rings. The first-order valence-electron chi connectivity index (χ1n) is 10.3. The predicted molar refractivity (Wildman–Crippen MR) is 118 cm³/mol. The van der Waals surface area contributed by atoms with E-state index in [9.17, 15) is 5.11 Å². The van der Waals surface area contributed by atoms with Crippen LogP contribution in [0.2, 0.25) is 0 Å². The normalized spacial score (nSPS) is 13.0. The van der Waals surface area contributed by atoms with Gasteiger partial charge in [0.25, 0.3) is 0 Å². The molecule has 1 atom stereocenters. The monoisotopic (exact) mass is 407 g/mol. The van der Waals surface area contributed by atoms with Gasteiger partial charge in [0, 0.05) is 12.6 Å². The molecule has 0 spiro atoms. The maximum atomic E-state index is 10.2. The Labute approximate surface area is 177 Å². The highest BCUT2D eigenvalue weighted by atomic mass is 16.5. The van der Waals surface area contributed by atoms with Crippen LogP contribution >= 0.6 is 0 Å². The number of imidazole rings is 1. The molecule has 0 aliphatic rings. The van der Waals surface area contributed by atoms with Gasteiger partial charge >= 0.3 is 0 Å². The van der Waals surface area contributed by atoms with E-state index in [1.807, 2.05) is 42.7 Å². The van der Waals surface area contributed by atoms with Crippen molar-refractivity contribution in [3.05, 3.63) is 42.0 Å². The Balaban J connectivity index is 1.93. The van der Waals surface area contributed by atoms with E-state index in [1.165, 1.54) is 0 Å². The quantitative estimate of drug-likeness (QED) is 0.577. The van der Waals surface area contributed by atoms with Crippen molar-refractivity contribution in [3.8, 4) is 17.6 Å². The lowest BCUT2D eigenvalue weighted by atomic mass is 10.1. The number of benzene rings is 1. The molecule has 3 aromatic rings. The first-order valence-corrected chi connectivity index (χ1v) is 10.3. The van der Waals surface area contributed by atoms with E-state index in [-0.39, 0.29) is 6.04 Å². The molecule has 7 nitrogen and oxygen atoms in total. The standard InChI is InChI=1S/C23H29N5O2/c1-6-23(5,29)13-12-19-26-21(20-22(27-19)28(15-25-20)16(3)4)24-14-17-8-10-18(11-9-17)30-7-2/h8-11,15-16,29H,6-7,14H2,1-5H3,(H,24,26,27)/t23-/m1/s1. The van der Waals surface area contributed by atoms with Crippen molar-refractivity contribution in [2.45, 2.75) is 59.2 Å². The number of hydrogen-bond donors (Lipinski definition) is 2. The number of aromatic nitrogens is 4. The van der Waals surface area contributed by atoms with Crippen molar-refractivity contribution in [2.24, 2.45) is 0 Å². The average molecular weight is 408 g/mol. The fourth-order valence-electron chi connectivity index (χ4n) is 2.81. The van der Waals surface area contributed by atoms with Crippen LogP contribution in [-0.2, 0) is 6.54 Å². The summed E-state index contributed by atoms with van der Waals surface area (Å²) in [4.78, 5) is 13.7. The maximum absolute atomic E-state index is 10.2. The highest BCUT2D eigenvalue weighted by molar-refractivity contribution is 5.83. The SMILES string of the molecule is CCOc1ccc(CNc2nc(C#C[C@](C)(O)CC)nc3c2ncn3C(C)C)cc1. The molecule has 0 saturated carbocycles. The van der Waals surface area contributed by atoms with Crippen LogP contribution in [-0.4, -0.2) is 36.8 Å². The molecule has 7 heteroatoms. The van der Waals surface area contributed by atoms with E-state index < -0.39 is 5.60 Å². The predicted octanol–water partition coefficient (Wildman–Crippen LogP) is 3.93. The Morgan fingerprint density at radius 2 is 1.93 bits per heavy atom. The van der Waals surface area contributed by atoms with E-state index in [1.54, 1.807) is 13.3 Å². The number of aliphatic hydroxyl groups is 1. The van der Waals surface area contributed by atoms with Gasteiger partial charge in [0.05, 0.1) is 12.9 Å². The van der Waals surface area contributed by atoms with Crippen LogP contribution in [0.3, 0.4) is 0 Å². The van der Waals surface area contributed by atoms with Crippen LogP contribution in [0, 0.1) is 11.8 Å². The van der Waals surface area contributed by atoms with Crippen LogP contribution < -0.4 is 10.1 Å². The second kappa shape index (κ2) is 9.14. The van der Waals surface area contributed by atoms with Gasteiger partial charge in [-0.15, -0.1) is 0 Å². The molecular formula is C23H29N5O2. The fraction of sp³-hybridized carbons (Fsp3) is 0.435. The lowest BCUT2D eigenvalue weighted by Crippen LogP contribution is -2.19. The molecule has 2 heterocycles. The molecule has 2 N–H and O–H groups in total. The van der Waals surface area contributed by atoms with Gasteiger partial charge in [-0.3, -0.25) is 0 Å². The number of rotatable bonds is 7. The van der Waals surface area contributed by atoms with Crippen molar-refractivity contribution < 1.29 is 9.84 Å². The zero-order valence-electron chi connectivity index (χ0n) is 18.2. The Bertz CT molecular complexity index is 1060. The molecule has 0 aliphatic heterocycles.